The lowest BCUT2D eigenvalue weighted by Crippen LogP contribution is -2.46. The number of anilines is 2. The summed E-state index contributed by atoms with van der Waals surface area (Å²) in [5.41, 5.74) is 1.88. The van der Waals surface area contributed by atoms with E-state index in [1.807, 2.05) is 43.3 Å². The molecule has 2 amide bonds. The third-order valence-corrected chi connectivity index (χ3v) is 5.24. The highest BCUT2D eigenvalue weighted by Crippen LogP contribution is 2.48. The molecular formula is C17H25N3O2. The zero-order chi connectivity index (χ0) is 15.7. The molecule has 2 bridgehead atoms. The number of benzene rings is 1. The van der Waals surface area contributed by atoms with Crippen LogP contribution in [-0.2, 0) is 0 Å². The molecule has 22 heavy (non-hydrogen) atoms. The summed E-state index contributed by atoms with van der Waals surface area (Å²) in [5, 5.41) is 15.5. The number of nitrogens with zero attached hydrogens (tertiary/aromatic N) is 1. The molecule has 1 aromatic rings. The lowest BCUT2D eigenvalue weighted by atomic mass is 9.85. The van der Waals surface area contributed by atoms with Gasteiger partial charge in [0, 0.05) is 44.0 Å². The predicted octanol–water partition coefficient (Wildman–Crippen LogP) is 2.28. The number of carbonyl (C=O) groups is 1. The summed E-state index contributed by atoms with van der Waals surface area (Å²) in [6, 6.07) is 7.70. The Morgan fingerprint density at radius 3 is 2.55 bits per heavy atom. The predicted molar refractivity (Wildman–Crippen MR) is 88.1 cm³/mol. The van der Waals surface area contributed by atoms with E-state index in [2.05, 4.69) is 10.6 Å². The number of hydrogen-bond donors (Lipinski definition) is 3. The average molecular weight is 303 g/mol. The molecule has 4 unspecified atom stereocenters. The molecule has 2 fully saturated rings. The van der Waals surface area contributed by atoms with Crippen LogP contribution >= 0.6 is 0 Å². The van der Waals surface area contributed by atoms with E-state index in [1.54, 1.807) is 0 Å². The van der Waals surface area contributed by atoms with Crippen molar-refractivity contribution in [3.05, 3.63) is 24.3 Å². The SMILES string of the molecule is CN(C)c1ccc(NC(=O)NC2C3CCC(C3)C2CO)cc1. The Morgan fingerprint density at radius 2 is 1.91 bits per heavy atom. The minimum absolute atomic E-state index is 0.116. The molecule has 0 aromatic heterocycles. The van der Waals surface area contributed by atoms with Gasteiger partial charge in [0.15, 0.2) is 0 Å². The molecule has 5 heteroatoms. The highest BCUT2D eigenvalue weighted by Gasteiger charge is 2.47. The van der Waals surface area contributed by atoms with Gasteiger partial charge in [-0.2, -0.15) is 0 Å². The van der Waals surface area contributed by atoms with E-state index in [1.165, 1.54) is 12.8 Å². The second-order valence-electron chi connectivity index (χ2n) is 6.75. The second-order valence-corrected chi connectivity index (χ2v) is 6.75. The second kappa shape index (κ2) is 6.16. The molecule has 0 radical (unpaired) electrons. The van der Waals surface area contributed by atoms with Crippen LogP contribution in [0.25, 0.3) is 0 Å². The monoisotopic (exact) mass is 303 g/mol. The standard InChI is InChI=1S/C17H25N3O2/c1-20(2)14-7-5-13(6-8-14)18-17(22)19-16-12-4-3-11(9-12)15(16)10-21/h5-8,11-12,15-16,21H,3-4,9-10H2,1-2H3,(H2,18,19,22). The van der Waals surface area contributed by atoms with Gasteiger partial charge in [0.25, 0.3) is 0 Å². The van der Waals surface area contributed by atoms with E-state index in [9.17, 15) is 9.90 Å². The first kappa shape index (κ1) is 15.2. The zero-order valence-electron chi connectivity index (χ0n) is 13.2. The molecule has 0 aliphatic heterocycles. The molecule has 1 aromatic carbocycles. The molecular weight excluding hydrogens is 278 g/mol. The lowest BCUT2D eigenvalue weighted by Gasteiger charge is -2.30. The van der Waals surface area contributed by atoms with E-state index >= 15 is 0 Å². The summed E-state index contributed by atoms with van der Waals surface area (Å²) in [6.45, 7) is 0.170. The minimum Gasteiger partial charge on any atom is -0.396 e. The van der Waals surface area contributed by atoms with Gasteiger partial charge in [0.05, 0.1) is 0 Å². The first-order valence-electron chi connectivity index (χ1n) is 8.04. The van der Waals surface area contributed by atoms with Gasteiger partial charge in [-0.1, -0.05) is 0 Å². The number of carbonyl (C=O) groups excluding carboxylic acids is 1. The Labute approximate surface area is 131 Å². The minimum atomic E-state index is -0.173. The summed E-state index contributed by atoms with van der Waals surface area (Å²) in [7, 11) is 3.97. The van der Waals surface area contributed by atoms with Crippen LogP contribution in [0.4, 0.5) is 16.2 Å². The number of urea groups is 1. The van der Waals surface area contributed by atoms with E-state index in [0.29, 0.717) is 11.8 Å². The molecule has 0 heterocycles. The number of amides is 2. The zero-order valence-corrected chi connectivity index (χ0v) is 13.2. The highest BCUT2D eigenvalue weighted by atomic mass is 16.3. The summed E-state index contributed by atoms with van der Waals surface area (Å²) >= 11 is 0. The number of aliphatic hydroxyl groups is 1. The number of aliphatic hydroxyl groups excluding tert-OH is 1. The smallest absolute Gasteiger partial charge is 0.319 e. The number of rotatable bonds is 4. The summed E-state index contributed by atoms with van der Waals surface area (Å²) in [6.07, 6.45) is 3.51. The normalized spacial score (nSPS) is 29.4. The number of nitrogens with one attached hydrogen (secondary N) is 2. The highest BCUT2D eigenvalue weighted by molar-refractivity contribution is 5.89. The van der Waals surface area contributed by atoms with Crippen molar-refractivity contribution in [3.63, 3.8) is 0 Å². The third kappa shape index (κ3) is 2.90. The Hall–Kier alpha value is -1.75. The van der Waals surface area contributed by atoms with Crippen molar-refractivity contribution in [2.24, 2.45) is 17.8 Å². The molecule has 2 aliphatic rings. The topological polar surface area (TPSA) is 64.6 Å². The first-order valence-corrected chi connectivity index (χ1v) is 8.04. The fourth-order valence-electron chi connectivity index (χ4n) is 4.06. The molecule has 0 saturated heterocycles. The van der Waals surface area contributed by atoms with Gasteiger partial charge in [-0.25, -0.2) is 4.79 Å². The van der Waals surface area contributed by atoms with Crippen LogP contribution < -0.4 is 15.5 Å². The number of hydrogen-bond acceptors (Lipinski definition) is 3. The van der Waals surface area contributed by atoms with Gasteiger partial charge in [0.2, 0.25) is 0 Å². The summed E-state index contributed by atoms with van der Waals surface area (Å²) < 4.78 is 0. The molecule has 5 nitrogen and oxygen atoms in total. The quantitative estimate of drug-likeness (QED) is 0.799. The molecule has 4 atom stereocenters. The van der Waals surface area contributed by atoms with Gasteiger partial charge in [-0.15, -0.1) is 0 Å². The maximum absolute atomic E-state index is 12.2. The van der Waals surface area contributed by atoms with Crippen LogP contribution in [0.2, 0.25) is 0 Å². The Kier molecular flexibility index (Phi) is 4.25. The van der Waals surface area contributed by atoms with Crippen LogP contribution in [0.5, 0.6) is 0 Å². The summed E-state index contributed by atoms with van der Waals surface area (Å²) in [5.74, 6) is 1.34. The molecule has 2 aliphatic carbocycles. The van der Waals surface area contributed by atoms with Gasteiger partial charge in [0.1, 0.15) is 0 Å². The molecule has 120 valence electrons. The van der Waals surface area contributed by atoms with Crippen molar-refractivity contribution in [2.45, 2.75) is 25.3 Å². The van der Waals surface area contributed by atoms with Crippen molar-refractivity contribution in [3.8, 4) is 0 Å². The van der Waals surface area contributed by atoms with Gasteiger partial charge < -0.3 is 20.6 Å². The van der Waals surface area contributed by atoms with Crippen LogP contribution in [0.3, 0.4) is 0 Å². The average Bonchev–Trinajstić information content (AvgIpc) is 3.08. The van der Waals surface area contributed by atoms with Crippen molar-refractivity contribution in [2.75, 3.05) is 30.9 Å². The molecule has 3 N–H and O–H groups in total. The molecule has 2 saturated carbocycles. The maximum Gasteiger partial charge on any atom is 0.319 e. The molecule has 0 spiro atoms. The Morgan fingerprint density at radius 1 is 1.23 bits per heavy atom. The number of fused-ring (bicyclic) bond motifs is 2. The van der Waals surface area contributed by atoms with Gasteiger partial charge >= 0.3 is 6.03 Å². The lowest BCUT2D eigenvalue weighted by molar-refractivity contribution is 0.146. The first-order chi connectivity index (χ1) is 10.6. The fourth-order valence-corrected chi connectivity index (χ4v) is 4.06. The van der Waals surface area contributed by atoms with E-state index in [4.69, 9.17) is 0 Å². The van der Waals surface area contributed by atoms with E-state index in [0.717, 1.165) is 17.8 Å². The largest absolute Gasteiger partial charge is 0.396 e. The van der Waals surface area contributed by atoms with Crippen LogP contribution in [0, 0.1) is 17.8 Å². The van der Waals surface area contributed by atoms with Crippen molar-refractivity contribution in [1.29, 1.82) is 0 Å². The van der Waals surface area contributed by atoms with Crippen LogP contribution in [0.1, 0.15) is 19.3 Å². The Bertz CT molecular complexity index is 529. The third-order valence-electron chi connectivity index (χ3n) is 5.24. The van der Waals surface area contributed by atoms with Crippen LogP contribution in [-0.4, -0.2) is 37.9 Å². The van der Waals surface area contributed by atoms with Crippen molar-refractivity contribution >= 4 is 17.4 Å². The van der Waals surface area contributed by atoms with Crippen LogP contribution in [0.15, 0.2) is 24.3 Å². The maximum atomic E-state index is 12.2. The molecule has 3 rings (SSSR count). The van der Waals surface area contributed by atoms with Gasteiger partial charge in [-0.05, 0) is 55.4 Å². The van der Waals surface area contributed by atoms with E-state index in [-0.39, 0.29) is 24.6 Å². The summed E-state index contributed by atoms with van der Waals surface area (Å²) in [4.78, 5) is 14.2. The van der Waals surface area contributed by atoms with E-state index < -0.39 is 0 Å². The van der Waals surface area contributed by atoms with Gasteiger partial charge in [-0.3, -0.25) is 0 Å². The van der Waals surface area contributed by atoms with Crippen molar-refractivity contribution < 1.29 is 9.90 Å². The Balaban J connectivity index is 1.58. The van der Waals surface area contributed by atoms with Crippen molar-refractivity contribution in [1.82, 2.24) is 5.32 Å². The fraction of sp³-hybridized carbons (Fsp3) is 0.588.